The van der Waals surface area contributed by atoms with Crippen LogP contribution in [-0.2, 0) is 0 Å². The highest BCUT2D eigenvalue weighted by atomic mass is 35.5. The molecule has 0 radical (unpaired) electrons. The molecule has 126 valence electrons. The molecule has 1 nitrogen and oxygen atoms in total. The van der Waals surface area contributed by atoms with Crippen LogP contribution in [0.3, 0.4) is 0 Å². The number of rotatable bonds is 3. The van der Waals surface area contributed by atoms with Crippen LogP contribution in [0, 0.1) is 18.3 Å². The summed E-state index contributed by atoms with van der Waals surface area (Å²) in [6.07, 6.45) is 9.98. The Kier molecular flexibility index (Phi) is 4.22. The Bertz CT molecular complexity index is 575. The average molecular weight is 332 g/mol. The largest absolute Gasteiger partial charge is 0.300 e. The minimum atomic E-state index is 0.713. The van der Waals surface area contributed by atoms with Gasteiger partial charge in [-0.15, -0.1) is 0 Å². The van der Waals surface area contributed by atoms with E-state index in [2.05, 4.69) is 30.9 Å². The van der Waals surface area contributed by atoms with Crippen molar-refractivity contribution in [2.45, 2.75) is 70.8 Å². The molecular weight excluding hydrogens is 302 g/mol. The van der Waals surface area contributed by atoms with Gasteiger partial charge in [0.1, 0.15) is 0 Å². The molecule has 3 fully saturated rings. The van der Waals surface area contributed by atoms with E-state index in [0.29, 0.717) is 5.92 Å². The van der Waals surface area contributed by atoms with Gasteiger partial charge in [0.15, 0.2) is 0 Å². The third-order valence-corrected chi connectivity index (χ3v) is 7.68. The Labute approximate surface area is 146 Å². The monoisotopic (exact) mass is 331 g/mol. The van der Waals surface area contributed by atoms with Crippen molar-refractivity contribution in [2.24, 2.45) is 11.3 Å². The second-order valence-corrected chi connectivity index (χ2v) is 8.73. The normalized spacial score (nSPS) is 35.1. The summed E-state index contributed by atoms with van der Waals surface area (Å²) in [5.41, 5.74) is 3.65. The zero-order chi connectivity index (χ0) is 16.0. The van der Waals surface area contributed by atoms with Gasteiger partial charge in [0, 0.05) is 11.1 Å². The Morgan fingerprint density at radius 1 is 1.22 bits per heavy atom. The molecule has 3 atom stereocenters. The number of piperidine rings is 1. The second kappa shape index (κ2) is 6.08. The number of benzene rings is 1. The Hall–Kier alpha value is -0.530. The fraction of sp³-hybridized carbons (Fsp3) is 0.714. The van der Waals surface area contributed by atoms with Gasteiger partial charge < -0.3 is 4.90 Å². The van der Waals surface area contributed by atoms with Gasteiger partial charge >= 0.3 is 0 Å². The van der Waals surface area contributed by atoms with Crippen LogP contribution in [0.15, 0.2) is 18.2 Å². The predicted octanol–water partition coefficient (Wildman–Crippen LogP) is 5.80. The number of fused-ring (bicyclic) bond motifs is 1. The van der Waals surface area contributed by atoms with Gasteiger partial charge in [-0.2, -0.15) is 0 Å². The van der Waals surface area contributed by atoms with Crippen LogP contribution in [0.5, 0.6) is 0 Å². The van der Waals surface area contributed by atoms with Crippen LogP contribution in [0.1, 0.15) is 68.9 Å². The lowest BCUT2D eigenvalue weighted by Crippen LogP contribution is -2.58. The molecule has 23 heavy (non-hydrogen) atoms. The fourth-order valence-electron chi connectivity index (χ4n) is 5.98. The van der Waals surface area contributed by atoms with E-state index in [1.807, 2.05) is 6.07 Å². The molecule has 2 heteroatoms. The molecule has 2 saturated carbocycles. The van der Waals surface area contributed by atoms with Gasteiger partial charge in [-0.3, -0.25) is 0 Å². The lowest BCUT2D eigenvalue weighted by Gasteiger charge is -2.57. The molecule has 1 aliphatic heterocycles. The molecule has 0 aromatic heterocycles. The predicted molar refractivity (Wildman–Crippen MR) is 98.2 cm³/mol. The lowest BCUT2D eigenvalue weighted by molar-refractivity contribution is -0.0650. The summed E-state index contributed by atoms with van der Waals surface area (Å²) < 4.78 is 0. The number of likely N-dealkylation sites (tertiary alicyclic amines) is 1. The number of nitrogens with zero attached hydrogens (tertiary/aromatic N) is 1. The van der Waals surface area contributed by atoms with Crippen LogP contribution in [0.25, 0.3) is 0 Å². The standard InChI is InChI=1S/C21H30ClN/c1-3-21-10-4-5-19(21)20(14-21)23-11-8-16(9-12-23)18-13-17(22)7-6-15(18)2/h6-7,13,16,19-20H,3-5,8-12,14H2,1-2H3. The number of aryl methyl sites for hydroxylation is 1. The van der Waals surface area contributed by atoms with E-state index in [1.54, 1.807) is 0 Å². The van der Waals surface area contributed by atoms with Gasteiger partial charge in [0.05, 0.1) is 0 Å². The molecule has 0 N–H and O–H groups in total. The molecule has 1 heterocycles. The molecule has 0 spiro atoms. The summed E-state index contributed by atoms with van der Waals surface area (Å²) >= 11 is 6.23. The molecule has 1 aromatic carbocycles. The van der Waals surface area contributed by atoms with Crippen LogP contribution in [-0.4, -0.2) is 24.0 Å². The van der Waals surface area contributed by atoms with Crippen molar-refractivity contribution in [3.05, 3.63) is 34.3 Å². The highest BCUT2D eigenvalue weighted by Crippen LogP contribution is 2.61. The Balaban J connectivity index is 1.39. The van der Waals surface area contributed by atoms with Crippen molar-refractivity contribution in [1.29, 1.82) is 0 Å². The van der Waals surface area contributed by atoms with Gasteiger partial charge in [0.2, 0.25) is 0 Å². The van der Waals surface area contributed by atoms with E-state index >= 15 is 0 Å². The summed E-state index contributed by atoms with van der Waals surface area (Å²) in [6, 6.07) is 7.32. The van der Waals surface area contributed by atoms with E-state index in [4.69, 9.17) is 11.6 Å². The number of hydrogen-bond acceptors (Lipinski definition) is 1. The first-order valence-corrected chi connectivity index (χ1v) is 10.0. The van der Waals surface area contributed by atoms with Gasteiger partial charge in [0.25, 0.3) is 0 Å². The van der Waals surface area contributed by atoms with E-state index in [0.717, 1.165) is 22.4 Å². The topological polar surface area (TPSA) is 3.24 Å². The van der Waals surface area contributed by atoms with Crippen molar-refractivity contribution in [3.63, 3.8) is 0 Å². The highest BCUT2D eigenvalue weighted by Gasteiger charge is 2.56. The summed E-state index contributed by atoms with van der Waals surface area (Å²) in [4.78, 5) is 2.83. The molecular formula is C21H30ClN. The molecule has 0 amide bonds. The van der Waals surface area contributed by atoms with E-state index < -0.39 is 0 Å². The maximum Gasteiger partial charge on any atom is 0.0409 e. The quantitative estimate of drug-likeness (QED) is 0.676. The van der Waals surface area contributed by atoms with Gasteiger partial charge in [-0.25, -0.2) is 0 Å². The first kappa shape index (κ1) is 16.0. The van der Waals surface area contributed by atoms with Gasteiger partial charge in [-0.05, 0) is 92.6 Å². The van der Waals surface area contributed by atoms with Crippen molar-refractivity contribution in [3.8, 4) is 0 Å². The summed E-state index contributed by atoms with van der Waals surface area (Å²) in [5.74, 6) is 1.72. The van der Waals surface area contributed by atoms with Crippen molar-refractivity contribution in [2.75, 3.05) is 13.1 Å². The molecule has 4 rings (SSSR count). The van der Waals surface area contributed by atoms with E-state index in [9.17, 15) is 0 Å². The van der Waals surface area contributed by atoms with E-state index in [-0.39, 0.29) is 0 Å². The number of halogens is 1. The Morgan fingerprint density at radius 3 is 2.74 bits per heavy atom. The molecule has 2 aliphatic carbocycles. The lowest BCUT2D eigenvalue weighted by atomic mass is 9.56. The molecule has 1 aromatic rings. The van der Waals surface area contributed by atoms with Crippen molar-refractivity contribution in [1.82, 2.24) is 4.90 Å². The first-order valence-electron chi connectivity index (χ1n) is 9.63. The highest BCUT2D eigenvalue weighted by molar-refractivity contribution is 6.30. The molecule has 3 aliphatic rings. The van der Waals surface area contributed by atoms with Crippen LogP contribution in [0.2, 0.25) is 5.02 Å². The van der Waals surface area contributed by atoms with Crippen molar-refractivity contribution < 1.29 is 0 Å². The minimum absolute atomic E-state index is 0.713. The third kappa shape index (κ3) is 2.65. The maximum atomic E-state index is 6.23. The van der Waals surface area contributed by atoms with E-state index in [1.165, 1.54) is 69.2 Å². The molecule has 0 bridgehead atoms. The summed E-state index contributed by atoms with van der Waals surface area (Å²) in [5, 5.41) is 0.894. The fourth-order valence-corrected chi connectivity index (χ4v) is 6.16. The smallest absolute Gasteiger partial charge is 0.0409 e. The van der Waals surface area contributed by atoms with Gasteiger partial charge in [-0.1, -0.05) is 37.4 Å². The zero-order valence-electron chi connectivity index (χ0n) is 14.7. The maximum absolute atomic E-state index is 6.23. The Morgan fingerprint density at radius 2 is 2.00 bits per heavy atom. The average Bonchev–Trinajstić information content (AvgIpc) is 2.88. The zero-order valence-corrected chi connectivity index (χ0v) is 15.4. The van der Waals surface area contributed by atoms with Crippen LogP contribution >= 0.6 is 11.6 Å². The summed E-state index contributed by atoms with van der Waals surface area (Å²) in [7, 11) is 0. The van der Waals surface area contributed by atoms with Crippen LogP contribution < -0.4 is 0 Å². The molecule has 3 unspecified atom stereocenters. The second-order valence-electron chi connectivity index (χ2n) is 8.30. The van der Waals surface area contributed by atoms with Crippen molar-refractivity contribution >= 4 is 11.6 Å². The third-order valence-electron chi connectivity index (χ3n) is 7.44. The first-order chi connectivity index (χ1) is 11.1. The molecule has 1 saturated heterocycles. The SMILES string of the molecule is CCC12CCCC1C(N1CCC(c3cc(Cl)ccc3C)CC1)C2. The number of hydrogen-bond donors (Lipinski definition) is 0. The summed E-state index contributed by atoms with van der Waals surface area (Å²) in [6.45, 7) is 7.23. The van der Waals surface area contributed by atoms with Crippen LogP contribution in [0.4, 0.5) is 0 Å². The minimum Gasteiger partial charge on any atom is -0.300 e.